The molecule has 0 bridgehead atoms. The highest BCUT2D eigenvalue weighted by Gasteiger charge is 2.50. The molecule has 5 unspecified atom stereocenters. The van der Waals surface area contributed by atoms with Crippen molar-refractivity contribution in [2.45, 2.75) is 102 Å². The van der Waals surface area contributed by atoms with E-state index >= 15 is 0 Å². The number of hydrogen-bond acceptors (Lipinski definition) is 0. The van der Waals surface area contributed by atoms with E-state index in [-0.39, 0.29) is 0 Å². The quantitative estimate of drug-likeness (QED) is 0.394. The van der Waals surface area contributed by atoms with Gasteiger partial charge in [-0.05, 0) is 127 Å². The summed E-state index contributed by atoms with van der Waals surface area (Å²) in [4.78, 5) is 0. The van der Waals surface area contributed by atoms with E-state index in [0.29, 0.717) is 0 Å². The second-order valence-corrected chi connectivity index (χ2v) is 12.5. The van der Waals surface area contributed by atoms with Crippen LogP contribution < -0.4 is 0 Å². The van der Waals surface area contributed by atoms with Gasteiger partial charge in [0.1, 0.15) is 0 Å². The Hall–Kier alpha value is -1.30. The van der Waals surface area contributed by atoms with Crippen molar-refractivity contribution in [1.29, 1.82) is 0 Å². The summed E-state index contributed by atoms with van der Waals surface area (Å²) in [6.07, 6.45) is 22.7. The van der Waals surface area contributed by atoms with Crippen molar-refractivity contribution in [1.82, 2.24) is 0 Å². The third-order valence-corrected chi connectivity index (χ3v) is 11.2. The minimum Gasteiger partial charge on any atom is -0.0614 e. The lowest BCUT2D eigenvalue weighted by Gasteiger charge is -2.57. The van der Waals surface area contributed by atoms with Gasteiger partial charge in [-0.1, -0.05) is 68.9 Å². The van der Waals surface area contributed by atoms with Gasteiger partial charge >= 0.3 is 0 Å². The molecule has 32 heavy (non-hydrogen) atoms. The Kier molecular flexibility index (Phi) is 5.14. The highest BCUT2D eigenvalue weighted by molar-refractivity contribution is 5.91. The second-order valence-electron chi connectivity index (χ2n) is 12.5. The second kappa shape index (κ2) is 8.18. The predicted molar refractivity (Wildman–Crippen MR) is 135 cm³/mol. The molecule has 0 saturated heterocycles. The third-order valence-electron chi connectivity index (χ3n) is 11.2. The van der Waals surface area contributed by atoms with E-state index in [4.69, 9.17) is 0 Å². The van der Waals surface area contributed by atoms with Gasteiger partial charge in [0.2, 0.25) is 0 Å². The van der Waals surface area contributed by atoms with E-state index in [1.54, 1.807) is 86.3 Å². The van der Waals surface area contributed by atoms with Gasteiger partial charge in [-0.15, -0.1) is 0 Å². The van der Waals surface area contributed by atoms with Crippen LogP contribution in [-0.2, 0) is 12.8 Å². The Balaban J connectivity index is 0.000000113. The number of rotatable bonds is 0. The topological polar surface area (TPSA) is 0 Å². The van der Waals surface area contributed by atoms with Crippen molar-refractivity contribution in [2.75, 3.05) is 0 Å². The molecule has 4 saturated carbocycles. The fourth-order valence-corrected chi connectivity index (χ4v) is 10.0. The van der Waals surface area contributed by atoms with Crippen LogP contribution in [0.25, 0.3) is 10.8 Å². The van der Waals surface area contributed by atoms with Crippen molar-refractivity contribution in [3.8, 4) is 0 Å². The van der Waals surface area contributed by atoms with Crippen LogP contribution in [0.2, 0.25) is 0 Å². The molecule has 0 amide bonds. The zero-order chi connectivity index (χ0) is 21.1. The smallest absolute Gasteiger partial charge is 0.0114 e. The van der Waals surface area contributed by atoms with Gasteiger partial charge < -0.3 is 0 Å². The molecule has 6 aliphatic rings. The largest absolute Gasteiger partial charge is 0.0614 e. The maximum absolute atomic E-state index is 2.37. The standard InChI is InChI=1S/C16H26.C16H16/c2*1-3-11-7-9-13-5-2-6-14-10-8-12(4-1)15(11)16(13)14/h11-16H,1-10H2;1,3-4,7,9,14H,2,5-6,8,10H2. The van der Waals surface area contributed by atoms with Gasteiger partial charge in [0, 0.05) is 0 Å². The lowest BCUT2D eigenvalue weighted by molar-refractivity contribution is -0.0760. The van der Waals surface area contributed by atoms with Crippen molar-refractivity contribution in [3.05, 3.63) is 47.0 Å². The summed E-state index contributed by atoms with van der Waals surface area (Å²) < 4.78 is 0. The van der Waals surface area contributed by atoms with Crippen LogP contribution in [-0.4, -0.2) is 0 Å². The number of benzene rings is 2. The first-order valence-electron chi connectivity index (χ1n) is 14.4. The van der Waals surface area contributed by atoms with Crippen LogP contribution in [0.4, 0.5) is 0 Å². The maximum Gasteiger partial charge on any atom is -0.0114 e. The summed E-state index contributed by atoms with van der Waals surface area (Å²) in [6.45, 7) is 0. The summed E-state index contributed by atoms with van der Waals surface area (Å²) in [5, 5.41) is 3.07. The SMILES string of the molecule is C1CC2CCC3CCCC4CCC(C1)C2C34.c1cc2c3c4c(ccc3c1)CCCC4CC2. The zero-order valence-electron chi connectivity index (χ0n) is 20.0. The highest BCUT2D eigenvalue weighted by Crippen LogP contribution is 2.59. The summed E-state index contributed by atoms with van der Waals surface area (Å²) in [7, 11) is 0. The average molecular weight is 427 g/mol. The van der Waals surface area contributed by atoms with Gasteiger partial charge in [0.05, 0.1) is 0 Å². The molecule has 2 aromatic rings. The van der Waals surface area contributed by atoms with Crippen LogP contribution in [0.5, 0.6) is 0 Å². The van der Waals surface area contributed by atoms with E-state index in [9.17, 15) is 0 Å². The molecular formula is C32H42. The van der Waals surface area contributed by atoms with Gasteiger partial charge in [0.25, 0.3) is 0 Å². The minimum atomic E-state index is 0.863. The molecule has 6 aliphatic carbocycles. The van der Waals surface area contributed by atoms with Crippen LogP contribution in [0.3, 0.4) is 0 Å². The summed E-state index contributed by atoms with van der Waals surface area (Å²) >= 11 is 0. The molecule has 2 aromatic carbocycles. The van der Waals surface area contributed by atoms with E-state index in [1.165, 1.54) is 73.0 Å². The lowest BCUT2D eigenvalue weighted by Crippen LogP contribution is -2.49. The molecule has 0 N–H and O–H groups in total. The first-order valence-corrected chi connectivity index (χ1v) is 14.4. The van der Waals surface area contributed by atoms with Crippen LogP contribution >= 0.6 is 0 Å². The van der Waals surface area contributed by atoms with Crippen LogP contribution in [0, 0.1) is 35.5 Å². The average Bonchev–Trinajstić information content (AvgIpc) is 2.87. The number of aryl methyl sites for hydroxylation is 2. The Bertz CT molecular complexity index is 933. The molecule has 8 rings (SSSR count). The third kappa shape index (κ3) is 3.22. The summed E-state index contributed by atoms with van der Waals surface area (Å²) in [5.74, 6) is 7.93. The fourth-order valence-electron chi connectivity index (χ4n) is 10.0. The molecular weight excluding hydrogens is 384 g/mol. The Morgan fingerprint density at radius 1 is 0.500 bits per heavy atom. The molecule has 0 aliphatic heterocycles. The van der Waals surface area contributed by atoms with Gasteiger partial charge in [-0.2, -0.15) is 0 Å². The maximum atomic E-state index is 2.37. The van der Waals surface area contributed by atoms with E-state index in [2.05, 4.69) is 30.3 Å². The van der Waals surface area contributed by atoms with Gasteiger partial charge in [0.15, 0.2) is 0 Å². The van der Waals surface area contributed by atoms with Crippen LogP contribution in [0.15, 0.2) is 30.3 Å². The first-order chi connectivity index (χ1) is 15.9. The Morgan fingerprint density at radius 2 is 1.16 bits per heavy atom. The van der Waals surface area contributed by atoms with Crippen molar-refractivity contribution >= 4 is 10.8 Å². The monoisotopic (exact) mass is 426 g/mol. The normalized spacial score (nSPS) is 38.9. The van der Waals surface area contributed by atoms with E-state index in [1.807, 2.05) is 0 Å². The van der Waals surface area contributed by atoms with Crippen molar-refractivity contribution < 1.29 is 0 Å². The molecule has 0 heterocycles. The Labute approximate surface area is 195 Å². The molecule has 0 aromatic heterocycles. The molecule has 0 spiro atoms. The lowest BCUT2D eigenvalue weighted by atomic mass is 9.48. The van der Waals surface area contributed by atoms with Crippen molar-refractivity contribution in [2.24, 2.45) is 35.5 Å². The molecule has 0 radical (unpaired) electrons. The Morgan fingerprint density at radius 3 is 1.81 bits per heavy atom. The minimum absolute atomic E-state index is 0.863. The van der Waals surface area contributed by atoms with E-state index < -0.39 is 0 Å². The van der Waals surface area contributed by atoms with Gasteiger partial charge in [-0.3, -0.25) is 0 Å². The summed E-state index contributed by atoms with van der Waals surface area (Å²) in [6, 6.07) is 11.5. The fraction of sp³-hybridized carbons (Fsp3) is 0.688. The van der Waals surface area contributed by atoms with Crippen molar-refractivity contribution in [3.63, 3.8) is 0 Å². The molecule has 0 nitrogen and oxygen atoms in total. The molecule has 4 fully saturated rings. The van der Waals surface area contributed by atoms with E-state index in [0.717, 1.165) is 5.92 Å². The van der Waals surface area contributed by atoms with Crippen LogP contribution in [0.1, 0.15) is 106 Å². The first kappa shape index (κ1) is 20.1. The number of hydrogen-bond donors (Lipinski definition) is 0. The molecule has 170 valence electrons. The molecule has 0 heteroatoms. The predicted octanol–water partition coefficient (Wildman–Crippen LogP) is 8.84. The van der Waals surface area contributed by atoms with Gasteiger partial charge in [-0.25, -0.2) is 0 Å². The highest BCUT2D eigenvalue weighted by atomic mass is 14.6. The summed E-state index contributed by atoms with van der Waals surface area (Å²) in [5.41, 5.74) is 4.94. The zero-order valence-corrected chi connectivity index (χ0v) is 20.0. The molecule has 5 atom stereocenters.